The van der Waals surface area contributed by atoms with Crippen molar-refractivity contribution in [2.24, 2.45) is 11.8 Å². The molecular weight excluding hydrogens is 170 g/mol. The SMILES string of the molecule is C1=CC2C(C1)CC2NC1CCCCC1. The van der Waals surface area contributed by atoms with Crippen LogP contribution in [0.2, 0.25) is 0 Å². The lowest BCUT2D eigenvalue weighted by Crippen LogP contribution is -2.52. The molecule has 3 aliphatic rings. The molecular formula is C13H21N. The first kappa shape index (κ1) is 8.96. The van der Waals surface area contributed by atoms with Crippen LogP contribution in [-0.2, 0) is 0 Å². The van der Waals surface area contributed by atoms with E-state index in [-0.39, 0.29) is 0 Å². The Balaban J connectivity index is 1.50. The fourth-order valence-corrected chi connectivity index (χ4v) is 3.48. The molecule has 0 amide bonds. The van der Waals surface area contributed by atoms with Crippen molar-refractivity contribution in [3.05, 3.63) is 12.2 Å². The largest absolute Gasteiger partial charge is 0.311 e. The van der Waals surface area contributed by atoms with E-state index in [0.717, 1.165) is 23.9 Å². The van der Waals surface area contributed by atoms with Crippen molar-refractivity contribution in [2.45, 2.75) is 57.0 Å². The van der Waals surface area contributed by atoms with Crippen LogP contribution in [0.3, 0.4) is 0 Å². The third kappa shape index (κ3) is 1.52. The summed E-state index contributed by atoms with van der Waals surface area (Å²) in [6, 6.07) is 1.69. The van der Waals surface area contributed by atoms with E-state index in [1.165, 1.54) is 44.9 Å². The number of rotatable bonds is 2. The van der Waals surface area contributed by atoms with Gasteiger partial charge in [0.05, 0.1) is 0 Å². The summed E-state index contributed by atoms with van der Waals surface area (Å²) in [5, 5.41) is 3.88. The molecule has 1 nitrogen and oxygen atoms in total. The Labute approximate surface area is 87.0 Å². The van der Waals surface area contributed by atoms with E-state index in [1.807, 2.05) is 0 Å². The summed E-state index contributed by atoms with van der Waals surface area (Å²) in [4.78, 5) is 0. The second-order valence-electron chi connectivity index (χ2n) is 5.35. The van der Waals surface area contributed by atoms with Gasteiger partial charge >= 0.3 is 0 Å². The fraction of sp³-hybridized carbons (Fsp3) is 0.846. The summed E-state index contributed by atoms with van der Waals surface area (Å²) in [6.45, 7) is 0. The van der Waals surface area contributed by atoms with Gasteiger partial charge in [0.2, 0.25) is 0 Å². The van der Waals surface area contributed by atoms with Crippen LogP contribution in [0.4, 0.5) is 0 Å². The van der Waals surface area contributed by atoms with Crippen molar-refractivity contribution in [2.75, 3.05) is 0 Å². The summed E-state index contributed by atoms with van der Waals surface area (Å²) >= 11 is 0. The van der Waals surface area contributed by atoms with Gasteiger partial charge in [-0.3, -0.25) is 0 Å². The van der Waals surface area contributed by atoms with Crippen molar-refractivity contribution in [3.8, 4) is 0 Å². The molecule has 0 saturated heterocycles. The van der Waals surface area contributed by atoms with Crippen molar-refractivity contribution in [3.63, 3.8) is 0 Å². The third-order valence-electron chi connectivity index (χ3n) is 4.42. The Morgan fingerprint density at radius 1 is 1.07 bits per heavy atom. The normalized spacial score (nSPS) is 42.1. The molecule has 1 heteroatoms. The maximum atomic E-state index is 3.88. The molecule has 0 aromatic rings. The molecule has 0 radical (unpaired) electrons. The van der Waals surface area contributed by atoms with Gasteiger partial charge in [0.15, 0.2) is 0 Å². The zero-order valence-corrected chi connectivity index (χ0v) is 8.91. The van der Waals surface area contributed by atoms with Crippen LogP contribution >= 0.6 is 0 Å². The number of fused-ring (bicyclic) bond motifs is 1. The van der Waals surface area contributed by atoms with Crippen LogP contribution < -0.4 is 5.32 Å². The van der Waals surface area contributed by atoms with Gasteiger partial charge in [-0.1, -0.05) is 31.4 Å². The number of hydrogen-bond acceptors (Lipinski definition) is 1. The smallest absolute Gasteiger partial charge is 0.0138 e. The maximum absolute atomic E-state index is 3.88. The minimum atomic E-state index is 0.835. The quantitative estimate of drug-likeness (QED) is 0.662. The van der Waals surface area contributed by atoms with E-state index < -0.39 is 0 Å². The highest BCUT2D eigenvalue weighted by atomic mass is 15.0. The van der Waals surface area contributed by atoms with Gasteiger partial charge in [0, 0.05) is 12.1 Å². The van der Waals surface area contributed by atoms with Crippen LogP contribution in [-0.4, -0.2) is 12.1 Å². The van der Waals surface area contributed by atoms with E-state index in [4.69, 9.17) is 0 Å². The average molecular weight is 191 g/mol. The zero-order valence-electron chi connectivity index (χ0n) is 8.91. The van der Waals surface area contributed by atoms with Gasteiger partial charge in [-0.2, -0.15) is 0 Å². The van der Waals surface area contributed by atoms with E-state index in [2.05, 4.69) is 17.5 Å². The molecule has 0 aliphatic heterocycles. The van der Waals surface area contributed by atoms with Crippen LogP contribution in [0.1, 0.15) is 44.9 Å². The van der Waals surface area contributed by atoms with Crippen LogP contribution in [0, 0.1) is 11.8 Å². The fourth-order valence-electron chi connectivity index (χ4n) is 3.48. The molecule has 3 atom stereocenters. The summed E-state index contributed by atoms with van der Waals surface area (Å²) < 4.78 is 0. The number of hydrogen-bond donors (Lipinski definition) is 1. The summed E-state index contributed by atoms with van der Waals surface area (Å²) in [5.74, 6) is 1.91. The van der Waals surface area contributed by atoms with Gasteiger partial charge in [-0.15, -0.1) is 0 Å². The van der Waals surface area contributed by atoms with Crippen molar-refractivity contribution in [1.82, 2.24) is 5.32 Å². The van der Waals surface area contributed by atoms with Crippen LogP contribution in [0.25, 0.3) is 0 Å². The monoisotopic (exact) mass is 191 g/mol. The predicted octanol–water partition coefficient (Wildman–Crippen LogP) is 2.87. The Morgan fingerprint density at radius 2 is 1.93 bits per heavy atom. The van der Waals surface area contributed by atoms with E-state index in [0.29, 0.717) is 0 Å². The molecule has 1 N–H and O–H groups in total. The molecule has 0 spiro atoms. The zero-order chi connectivity index (χ0) is 9.38. The third-order valence-corrected chi connectivity index (χ3v) is 4.42. The average Bonchev–Trinajstić information content (AvgIpc) is 2.58. The molecule has 3 unspecified atom stereocenters. The minimum Gasteiger partial charge on any atom is -0.311 e. The van der Waals surface area contributed by atoms with Gasteiger partial charge in [0.25, 0.3) is 0 Å². The van der Waals surface area contributed by atoms with Gasteiger partial charge in [-0.05, 0) is 37.5 Å². The minimum absolute atomic E-state index is 0.835. The van der Waals surface area contributed by atoms with E-state index >= 15 is 0 Å². The summed E-state index contributed by atoms with van der Waals surface area (Å²) in [5.41, 5.74) is 0. The second kappa shape index (κ2) is 3.69. The van der Waals surface area contributed by atoms with E-state index in [1.54, 1.807) is 0 Å². The summed E-state index contributed by atoms with van der Waals surface area (Å²) in [6.07, 6.45) is 14.9. The highest BCUT2D eigenvalue weighted by molar-refractivity contribution is 5.13. The molecule has 14 heavy (non-hydrogen) atoms. The van der Waals surface area contributed by atoms with Gasteiger partial charge < -0.3 is 5.32 Å². The van der Waals surface area contributed by atoms with Crippen molar-refractivity contribution < 1.29 is 0 Å². The van der Waals surface area contributed by atoms with E-state index in [9.17, 15) is 0 Å². The standard InChI is InChI=1S/C13H21N/c1-2-6-11(7-3-1)14-13-9-10-5-4-8-12(10)13/h4,8,10-14H,1-3,5-7,9H2. The second-order valence-corrected chi connectivity index (χ2v) is 5.35. The number of allylic oxidation sites excluding steroid dienone is 1. The number of nitrogens with one attached hydrogen (secondary N) is 1. The maximum Gasteiger partial charge on any atom is 0.0138 e. The summed E-state index contributed by atoms with van der Waals surface area (Å²) in [7, 11) is 0. The van der Waals surface area contributed by atoms with Crippen LogP contribution in [0.5, 0.6) is 0 Å². The Morgan fingerprint density at radius 3 is 2.71 bits per heavy atom. The molecule has 0 bridgehead atoms. The molecule has 78 valence electrons. The van der Waals surface area contributed by atoms with Gasteiger partial charge in [0.1, 0.15) is 0 Å². The predicted molar refractivity (Wildman–Crippen MR) is 59.2 cm³/mol. The lowest BCUT2D eigenvalue weighted by Gasteiger charge is -2.43. The highest BCUT2D eigenvalue weighted by Crippen LogP contribution is 2.43. The first-order valence-corrected chi connectivity index (χ1v) is 6.36. The van der Waals surface area contributed by atoms with Crippen molar-refractivity contribution in [1.29, 1.82) is 0 Å². The Bertz CT molecular complexity index is 227. The Kier molecular flexibility index (Phi) is 2.36. The lowest BCUT2D eigenvalue weighted by atomic mass is 9.71. The topological polar surface area (TPSA) is 12.0 Å². The molecule has 3 rings (SSSR count). The molecule has 2 fully saturated rings. The highest BCUT2D eigenvalue weighted by Gasteiger charge is 2.41. The Hall–Kier alpha value is -0.300. The first-order valence-electron chi connectivity index (χ1n) is 6.36. The molecule has 0 aromatic heterocycles. The van der Waals surface area contributed by atoms with Gasteiger partial charge in [-0.25, -0.2) is 0 Å². The molecule has 0 heterocycles. The molecule has 0 aromatic carbocycles. The van der Waals surface area contributed by atoms with Crippen LogP contribution in [0.15, 0.2) is 12.2 Å². The van der Waals surface area contributed by atoms with Crippen molar-refractivity contribution >= 4 is 0 Å². The molecule has 2 saturated carbocycles. The first-order chi connectivity index (χ1) is 6.93. The lowest BCUT2D eigenvalue weighted by molar-refractivity contribution is 0.140. The molecule has 3 aliphatic carbocycles.